The van der Waals surface area contributed by atoms with Crippen LogP contribution in [0, 0.1) is 12.8 Å². The van der Waals surface area contributed by atoms with Gasteiger partial charge in [-0.05, 0) is 61.4 Å². The van der Waals surface area contributed by atoms with Crippen LogP contribution in [0.25, 0.3) is 11.3 Å². The lowest BCUT2D eigenvalue weighted by Gasteiger charge is -2.19. The Labute approximate surface area is 148 Å². The minimum atomic E-state index is -0.297. The fourth-order valence-corrected chi connectivity index (χ4v) is 3.88. The third-order valence-corrected chi connectivity index (χ3v) is 5.25. The number of anilines is 1. The molecule has 0 amide bonds. The molecule has 25 heavy (non-hydrogen) atoms. The molecule has 2 aromatic rings. The molecule has 4 heteroatoms. The van der Waals surface area contributed by atoms with Crippen LogP contribution in [0.1, 0.15) is 48.7 Å². The molecule has 0 aliphatic carbocycles. The molecule has 1 aromatic carbocycles. The van der Waals surface area contributed by atoms with E-state index < -0.39 is 0 Å². The highest BCUT2D eigenvalue weighted by molar-refractivity contribution is 5.96. The van der Waals surface area contributed by atoms with E-state index in [0.717, 1.165) is 47.8 Å². The average Bonchev–Trinajstić information content (AvgIpc) is 3.00. The standard InChI is InChI=1S/C21H26N2O2/c1-5-18-14(3)19(15(4)24)21(25)22-20(18)16-6-8-17(9-7-16)23-11-10-13(2)12-23/h6-9,13H,5,10-12H2,1-4H3,(H,22,25). The summed E-state index contributed by atoms with van der Waals surface area (Å²) < 4.78 is 0. The first kappa shape index (κ1) is 17.5. The van der Waals surface area contributed by atoms with Crippen LogP contribution in [0.3, 0.4) is 0 Å². The molecule has 1 atom stereocenters. The Morgan fingerprint density at radius 1 is 1.28 bits per heavy atom. The van der Waals surface area contributed by atoms with E-state index >= 15 is 0 Å². The molecule has 132 valence electrons. The Balaban J connectivity index is 2.02. The van der Waals surface area contributed by atoms with Gasteiger partial charge in [0.25, 0.3) is 5.56 Å². The molecule has 1 aliphatic heterocycles. The second-order valence-electron chi connectivity index (χ2n) is 7.10. The van der Waals surface area contributed by atoms with E-state index in [-0.39, 0.29) is 16.9 Å². The Bertz CT molecular complexity index is 849. The topological polar surface area (TPSA) is 53.2 Å². The largest absolute Gasteiger partial charge is 0.371 e. The molecule has 0 saturated carbocycles. The number of hydrogen-bond acceptors (Lipinski definition) is 3. The Kier molecular flexibility index (Phi) is 4.80. The summed E-state index contributed by atoms with van der Waals surface area (Å²) in [6.07, 6.45) is 2.00. The van der Waals surface area contributed by atoms with Gasteiger partial charge in [-0.25, -0.2) is 0 Å². The van der Waals surface area contributed by atoms with E-state index in [4.69, 9.17) is 0 Å². The van der Waals surface area contributed by atoms with Crippen LogP contribution >= 0.6 is 0 Å². The highest BCUT2D eigenvalue weighted by atomic mass is 16.1. The van der Waals surface area contributed by atoms with Crippen molar-refractivity contribution >= 4 is 11.5 Å². The van der Waals surface area contributed by atoms with Gasteiger partial charge in [0, 0.05) is 18.8 Å². The van der Waals surface area contributed by atoms with Crippen LogP contribution in [0.5, 0.6) is 0 Å². The van der Waals surface area contributed by atoms with Crippen LogP contribution in [0.2, 0.25) is 0 Å². The minimum Gasteiger partial charge on any atom is -0.371 e. The van der Waals surface area contributed by atoms with Gasteiger partial charge in [0.2, 0.25) is 0 Å². The number of aromatic amines is 1. The summed E-state index contributed by atoms with van der Waals surface area (Å²) in [5, 5.41) is 0. The van der Waals surface area contributed by atoms with Crippen molar-refractivity contribution in [1.82, 2.24) is 4.98 Å². The first-order valence-electron chi connectivity index (χ1n) is 9.04. The molecule has 1 aromatic heterocycles. The van der Waals surface area contributed by atoms with E-state index in [0.29, 0.717) is 0 Å². The quantitative estimate of drug-likeness (QED) is 0.859. The Hall–Kier alpha value is -2.36. The molecule has 1 unspecified atom stereocenters. The zero-order valence-corrected chi connectivity index (χ0v) is 15.5. The number of ketones is 1. The maximum Gasteiger partial charge on any atom is 0.259 e. The molecule has 2 heterocycles. The van der Waals surface area contributed by atoms with Gasteiger partial charge in [-0.2, -0.15) is 0 Å². The van der Waals surface area contributed by atoms with Gasteiger partial charge in [0.15, 0.2) is 5.78 Å². The number of H-pyrrole nitrogens is 1. The second kappa shape index (κ2) is 6.87. The van der Waals surface area contributed by atoms with Crippen LogP contribution in [-0.4, -0.2) is 23.9 Å². The first-order valence-corrected chi connectivity index (χ1v) is 9.04. The molecule has 3 rings (SSSR count). The molecule has 4 nitrogen and oxygen atoms in total. The average molecular weight is 338 g/mol. The van der Waals surface area contributed by atoms with Crippen LogP contribution in [0.4, 0.5) is 5.69 Å². The molecular formula is C21H26N2O2. The maximum absolute atomic E-state index is 12.4. The molecule has 0 spiro atoms. The van der Waals surface area contributed by atoms with E-state index in [9.17, 15) is 9.59 Å². The number of nitrogens with one attached hydrogen (secondary N) is 1. The minimum absolute atomic E-state index is 0.182. The van der Waals surface area contributed by atoms with Crippen LogP contribution in [-0.2, 0) is 6.42 Å². The SMILES string of the molecule is CCc1c(-c2ccc(N3CCC(C)C3)cc2)[nH]c(=O)c(C(C)=O)c1C. The lowest BCUT2D eigenvalue weighted by atomic mass is 9.95. The molecule has 1 N–H and O–H groups in total. The number of hydrogen-bond donors (Lipinski definition) is 1. The van der Waals surface area contributed by atoms with Crippen molar-refractivity contribution < 1.29 is 4.79 Å². The predicted molar refractivity (Wildman–Crippen MR) is 103 cm³/mol. The summed E-state index contributed by atoms with van der Waals surface area (Å²) in [5.41, 5.74) is 4.86. The van der Waals surface area contributed by atoms with Crippen LogP contribution < -0.4 is 10.5 Å². The molecule has 1 saturated heterocycles. The lowest BCUT2D eigenvalue weighted by molar-refractivity contribution is 0.101. The summed E-state index contributed by atoms with van der Waals surface area (Å²) in [7, 11) is 0. The van der Waals surface area contributed by atoms with Gasteiger partial charge in [0.1, 0.15) is 0 Å². The van der Waals surface area contributed by atoms with Gasteiger partial charge in [-0.1, -0.05) is 26.0 Å². The summed E-state index contributed by atoms with van der Waals surface area (Å²) in [6.45, 7) is 9.85. The van der Waals surface area contributed by atoms with Crippen molar-refractivity contribution in [1.29, 1.82) is 0 Å². The summed E-state index contributed by atoms with van der Waals surface area (Å²) in [4.78, 5) is 29.5. The van der Waals surface area contributed by atoms with E-state index in [2.05, 4.69) is 41.1 Å². The molecule has 1 aliphatic rings. The van der Waals surface area contributed by atoms with Crippen LogP contribution in [0.15, 0.2) is 29.1 Å². The van der Waals surface area contributed by atoms with Crippen molar-refractivity contribution in [2.75, 3.05) is 18.0 Å². The monoisotopic (exact) mass is 338 g/mol. The smallest absolute Gasteiger partial charge is 0.259 e. The van der Waals surface area contributed by atoms with Crippen molar-refractivity contribution in [2.45, 2.75) is 40.5 Å². The van der Waals surface area contributed by atoms with Gasteiger partial charge in [-0.15, -0.1) is 0 Å². The zero-order valence-electron chi connectivity index (χ0n) is 15.5. The van der Waals surface area contributed by atoms with Crippen molar-refractivity contribution in [3.63, 3.8) is 0 Å². The summed E-state index contributed by atoms with van der Waals surface area (Å²) in [5.74, 6) is 0.558. The van der Waals surface area contributed by atoms with Gasteiger partial charge >= 0.3 is 0 Å². The fraction of sp³-hybridized carbons (Fsp3) is 0.429. The Morgan fingerprint density at radius 2 is 1.96 bits per heavy atom. The number of benzene rings is 1. The third kappa shape index (κ3) is 3.26. The van der Waals surface area contributed by atoms with E-state index in [1.54, 1.807) is 0 Å². The highest BCUT2D eigenvalue weighted by Crippen LogP contribution is 2.29. The molecule has 1 fully saturated rings. The predicted octanol–water partition coefficient (Wildman–Crippen LogP) is 3.96. The molecule has 0 radical (unpaired) electrons. The summed E-state index contributed by atoms with van der Waals surface area (Å²) in [6, 6.07) is 8.38. The summed E-state index contributed by atoms with van der Waals surface area (Å²) >= 11 is 0. The zero-order chi connectivity index (χ0) is 18.1. The Morgan fingerprint density at radius 3 is 2.48 bits per heavy atom. The van der Waals surface area contributed by atoms with Crippen molar-refractivity contribution in [3.8, 4) is 11.3 Å². The van der Waals surface area contributed by atoms with Crippen molar-refractivity contribution in [2.24, 2.45) is 5.92 Å². The van der Waals surface area contributed by atoms with Crippen molar-refractivity contribution in [3.05, 3.63) is 51.3 Å². The third-order valence-electron chi connectivity index (χ3n) is 5.25. The number of carbonyl (C=O) groups is 1. The number of carbonyl (C=O) groups excluding carboxylic acids is 1. The number of Topliss-reactive ketones (excluding diaryl/α,β-unsaturated/α-hetero) is 1. The number of aromatic nitrogens is 1. The maximum atomic E-state index is 12.4. The lowest BCUT2D eigenvalue weighted by Crippen LogP contribution is -2.21. The van der Waals surface area contributed by atoms with Gasteiger partial charge < -0.3 is 9.88 Å². The normalized spacial score (nSPS) is 17.1. The fourth-order valence-electron chi connectivity index (χ4n) is 3.88. The van der Waals surface area contributed by atoms with Gasteiger partial charge in [-0.3, -0.25) is 9.59 Å². The second-order valence-corrected chi connectivity index (χ2v) is 7.10. The molecule has 0 bridgehead atoms. The highest BCUT2D eigenvalue weighted by Gasteiger charge is 2.20. The number of nitrogens with zero attached hydrogens (tertiary/aromatic N) is 1. The van der Waals surface area contributed by atoms with Gasteiger partial charge in [0.05, 0.1) is 11.3 Å². The van der Waals surface area contributed by atoms with E-state index in [1.165, 1.54) is 19.0 Å². The number of pyridine rings is 1. The first-order chi connectivity index (χ1) is 11.9. The molecular weight excluding hydrogens is 312 g/mol. The van der Waals surface area contributed by atoms with E-state index in [1.807, 2.05) is 13.8 Å². The number of rotatable bonds is 4.